The Morgan fingerprint density at radius 2 is 1.81 bits per heavy atom. The van der Waals surface area contributed by atoms with E-state index < -0.39 is 0 Å². The lowest BCUT2D eigenvalue weighted by Gasteiger charge is -2.31. The molecule has 1 amide bonds. The molecule has 0 saturated carbocycles. The Kier molecular flexibility index (Phi) is 6.69. The molecule has 0 heterocycles. The highest BCUT2D eigenvalue weighted by atomic mass is 16.5. The van der Waals surface area contributed by atoms with Crippen molar-refractivity contribution in [2.75, 3.05) is 6.54 Å². The van der Waals surface area contributed by atoms with Gasteiger partial charge in [0.1, 0.15) is 5.75 Å². The topological polar surface area (TPSA) is 64.3 Å². The Balaban J connectivity index is 2.75. The van der Waals surface area contributed by atoms with Gasteiger partial charge in [0.05, 0.1) is 11.6 Å². The minimum Gasteiger partial charge on any atom is -0.491 e. The lowest BCUT2D eigenvalue weighted by molar-refractivity contribution is 0.0895. The van der Waals surface area contributed by atoms with Crippen LogP contribution in [0.1, 0.15) is 57.3 Å². The van der Waals surface area contributed by atoms with Crippen LogP contribution < -0.4 is 15.8 Å². The highest BCUT2D eigenvalue weighted by Crippen LogP contribution is 2.17. The summed E-state index contributed by atoms with van der Waals surface area (Å²) in [6, 6.07) is 7.26. The zero-order chi connectivity index (χ0) is 15.9. The Morgan fingerprint density at radius 3 is 2.24 bits per heavy atom. The SMILES string of the molecule is CCC(C)Oc1ccc(C(=O)NC(CC)(CC)CN)cc1. The number of hydrogen-bond acceptors (Lipinski definition) is 3. The number of rotatable bonds is 8. The molecule has 1 rings (SSSR count). The van der Waals surface area contributed by atoms with Crippen molar-refractivity contribution in [3.8, 4) is 5.75 Å². The lowest BCUT2D eigenvalue weighted by Crippen LogP contribution is -2.52. The van der Waals surface area contributed by atoms with Crippen LogP contribution in [0.15, 0.2) is 24.3 Å². The molecule has 4 heteroatoms. The molecule has 118 valence electrons. The summed E-state index contributed by atoms with van der Waals surface area (Å²) in [5.41, 5.74) is 6.13. The van der Waals surface area contributed by atoms with E-state index >= 15 is 0 Å². The first-order valence-electron chi connectivity index (χ1n) is 7.79. The summed E-state index contributed by atoms with van der Waals surface area (Å²) >= 11 is 0. The Labute approximate surface area is 128 Å². The van der Waals surface area contributed by atoms with E-state index in [1.807, 2.05) is 32.9 Å². The van der Waals surface area contributed by atoms with Gasteiger partial charge < -0.3 is 15.8 Å². The summed E-state index contributed by atoms with van der Waals surface area (Å²) in [6.07, 6.45) is 2.77. The van der Waals surface area contributed by atoms with Gasteiger partial charge in [0.15, 0.2) is 0 Å². The van der Waals surface area contributed by atoms with Crippen LogP contribution in [0.2, 0.25) is 0 Å². The largest absolute Gasteiger partial charge is 0.491 e. The second-order valence-corrected chi connectivity index (χ2v) is 5.51. The highest BCUT2D eigenvalue weighted by Gasteiger charge is 2.26. The molecule has 0 spiro atoms. The second-order valence-electron chi connectivity index (χ2n) is 5.51. The number of carbonyl (C=O) groups is 1. The first-order chi connectivity index (χ1) is 10.00. The van der Waals surface area contributed by atoms with Crippen LogP contribution in [0.25, 0.3) is 0 Å². The molecule has 1 aromatic rings. The van der Waals surface area contributed by atoms with Crippen molar-refractivity contribution in [3.63, 3.8) is 0 Å². The lowest BCUT2D eigenvalue weighted by atomic mass is 9.92. The Morgan fingerprint density at radius 1 is 1.24 bits per heavy atom. The third kappa shape index (κ3) is 4.74. The number of nitrogens with one attached hydrogen (secondary N) is 1. The van der Waals surface area contributed by atoms with E-state index in [1.165, 1.54) is 0 Å². The van der Waals surface area contributed by atoms with Crippen molar-refractivity contribution in [2.24, 2.45) is 5.73 Å². The zero-order valence-corrected chi connectivity index (χ0v) is 13.6. The molecule has 1 unspecified atom stereocenters. The molecule has 0 aliphatic rings. The molecule has 3 N–H and O–H groups in total. The first kappa shape index (κ1) is 17.5. The van der Waals surface area contributed by atoms with Gasteiger partial charge in [0.2, 0.25) is 0 Å². The highest BCUT2D eigenvalue weighted by molar-refractivity contribution is 5.94. The maximum Gasteiger partial charge on any atom is 0.251 e. The molecular formula is C17H28N2O2. The fourth-order valence-electron chi connectivity index (χ4n) is 2.08. The number of ether oxygens (including phenoxy) is 1. The van der Waals surface area contributed by atoms with Crippen LogP contribution >= 0.6 is 0 Å². The fourth-order valence-corrected chi connectivity index (χ4v) is 2.08. The summed E-state index contributed by atoms with van der Waals surface area (Å²) in [4.78, 5) is 12.3. The third-order valence-electron chi connectivity index (χ3n) is 4.15. The smallest absolute Gasteiger partial charge is 0.251 e. The van der Waals surface area contributed by atoms with E-state index in [0.717, 1.165) is 25.0 Å². The van der Waals surface area contributed by atoms with E-state index in [4.69, 9.17) is 10.5 Å². The Bertz CT molecular complexity index is 430. The summed E-state index contributed by atoms with van der Waals surface area (Å²) in [6.45, 7) is 8.63. The fraction of sp³-hybridized carbons (Fsp3) is 0.588. The van der Waals surface area contributed by atoms with Crippen LogP contribution in [-0.2, 0) is 0 Å². The molecule has 0 bridgehead atoms. The first-order valence-corrected chi connectivity index (χ1v) is 7.79. The van der Waals surface area contributed by atoms with Gasteiger partial charge >= 0.3 is 0 Å². The van der Waals surface area contributed by atoms with Crippen LogP contribution in [0, 0.1) is 0 Å². The molecule has 0 aliphatic heterocycles. The molecule has 0 fully saturated rings. The predicted octanol–water partition coefficient (Wildman–Crippen LogP) is 3.11. The second kappa shape index (κ2) is 8.03. The third-order valence-corrected chi connectivity index (χ3v) is 4.15. The van der Waals surface area contributed by atoms with E-state index in [-0.39, 0.29) is 17.6 Å². The minimum atomic E-state index is -0.316. The van der Waals surface area contributed by atoms with Crippen molar-refractivity contribution < 1.29 is 9.53 Å². The summed E-state index contributed by atoms with van der Waals surface area (Å²) < 4.78 is 5.71. The summed E-state index contributed by atoms with van der Waals surface area (Å²) in [5, 5.41) is 3.06. The quantitative estimate of drug-likeness (QED) is 0.773. The van der Waals surface area contributed by atoms with Gasteiger partial charge in [-0.05, 0) is 50.5 Å². The van der Waals surface area contributed by atoms with E-state index in [9.17, 15) is 4.79 Å². The van der Waals surface area contributed by atoms with Crippen LogP contribution in [-0.4, -0.2) is 24.1 Å². The zero-order valence-electron chi connectivity index (χ0n) is 13.6. The summed E-state index contributed by atoms with van der Waals surface area (Å²) in [7, 11) is 0. The van der Waals surface area contributed by atoms with Gasteiger partial charge in [0.25, 0.3) is 5.91 Å². The van der Waals surface area contributed by atoms with Gasteiger partial charge in [-0.1, -0.05) is 20.8 Å². The molecule has 1 aromatic carbocycles. The molecule has 0 radical (unpaired) electrons. The number of amides is 1. The van der Waals surface area contributed by atoms with E-state index in [0.29, 0.717) is 12.1 Å². The number of hydrogen-bond donors (Lipinski definition) is 2. The van der Waals surface area contributed by atoms with Gasteiger partial charge in [-0.15, -0.1) is 0 Å². The minimum absolute atomic E-state index is 0.0840. The molecule has 0 aromatic heterocycles. The van der Waals surface area contributed by atoms with Crippen molar-refractivity contribution in [3.05, 3.63) is 29.8 Å². The molecule has 0 saturated heterocycles. The van der Waals surface area contributed by atoms with Crippen LogP contribution in [0.4, 0.5) is 0 Å². The number of carbonyl (C=O) groups excluding carboxylic acids is 1. The molecule has 0 aliphatic carbocycles. The van der Waals surface area contributed by atoms with Crippen molar-refractivity contribution in [1.82, 2.24) is 5.32 Å². The predicted molar refractivity (Wildman–Crippen MR) is 86.7 cm³/mol. The average molecular weight is 292 g/mol. The monoisotopic (exact) mass is 292 g/mol. The van der Waals surface area contributed by atoms with Crippen molar-refractivity contribution >= 4 is 5.91 Å². The van der Waals surface area contributed by atoms with Gasteiger partial charge in [-0.25, -0.2) is 0 Å². The van der Waals surface area contributed by atoms with Crippen molar-refractivity contribution in [1.29, 1.82) is 0 Å². The maximum absolute atomic E-state index is 12.3. The Hall–Kier alpha value is -1.55. The molecular weight excluding hydrogens is 264 g/mol. The normalized spacial score (nSPS) is 12.8. The van der Waals surface area contributed by atoms with Crippen LogP contribution in [0.3, 0.4) is 0 Å². The van der Waals surface area contributed by atoms with Gasteiger partial charge in [-0.2, -0.15) is 0 Å². The standard InChI is InChI=1S/C17H28N2O2/c1-5-13(4)21-15-10-8-14(9-11-15)16(20)19-17(6-2,7-3)12-18/h8-11,13H,5-7,12,18H2,1-4H3,(H,19,20). The van der Waals surface area contributed by atoms with Gasteiger partial charge in [0, 0.05) is 12.1 Å². The molecule has 1 atom stereocenters. The summed E-state index contributed by atoms with van der Waals surface area (Å²) in [5.74, 6) is 0.705. The number of nitrogens with two attached hydrogens (primary N) is 1. The average Bonchev–Trinajstić information content (AvgIpc) is 2.53. The van der Waals surface area contributed by atoms with Gasteiger partial charge in [-0.3, -0.25) is 4.79 Å². The maximum atomic E-state index is 12.3. The van der Waals surface area contributed by atoms with Crippen molar-refractivity contribution in [2.45, 2.75) is 58.6 Å². The molecule has 21 heavy (non-hydrogen) atoms. The molecule has 4 nitrogen and oxygen atoms in total. The van der Waals surface area contributed by atoms with Crippen LogP contribution in [0.5, 0.6) is 5.75 Å². The van der Waals surface area contributed by atoms with E-state index in [1.54, 1.807) is 12.1 Å². The van der Waals surface area contributed by atoms with E-state index in [2.05, 4.69) is 12.2 Å². The number of benzene rings is 1.